The van der Waals surface area contributed by atoms with E-state index in [1.54, 1.807) is 12.1 Å². The predicted molar refractivity (Wildman–Crippen MR) is 99.2 cm³/mol. The Balaban J connectivity index is 1.47. The molecular formula is C22H15NO4. The summed E-state index contributed by atoms with van der Waals surface area (Å²) in [6, 6.07) is 14.7. The molecular weight excluding hydrogens is 342 g/mol. The number of imide groups is 1. The minimum absolute atomic E-state index is 0.177. The predicted octanol–water partition coefficient (Wildman–Crippen LogP) is 2.50. The molecule has 0 spiro atoms. The maximum Gasteiger partial charge on any atom is 0.258 e. The van der Waals surface area contributed by atoms with Crippen molar-refractivity contribution >= 4 is 29.1 Å². The van der Waals surface area contributed by atoms with Crippen molar-refractivity contribution in [1.82, 2.24) is 0 Å². The fourth-order valence-corrected chi connectivity index (χ4v) is 3.31. The second kappa shape index (κ2) is 6.61. The smallest absolute Gasteiger partial charge is 0.258 e. The fraction of sp³-hybridized carbons (Fsp3) is 0.0909. The van der Waals surface area contributed by atoms with E-state index in [1.165, 1.54) is 24.3 Å². The first-order chi connectivity index (χ1) is 13.0. The summed E-state index contributed by atoms with van der Waals surface area (Å²) in [6.07, 6.45) is 5.83. The highest BCUT2D eigenvalue weighted by atomic mass is 16.2. The van der Waals surface area contributed by atoms with E-state index in [4.69, 9.17) is 0 Å². The molecule has 0 N–H and O–H groups in total. The summed E-state index contributed by atoms with van der Waals surface area (Å²) in [7, 11) is 0. The molecule has 4 rings (SSSR count). The van der Waals surface area contributed by atoms with Crippen LogP contribution < -0.4 is 4.90 Å². The number of hydrogen-bond donors (Lipinski definition) is 0. The van der Waals surface area contributed by atoms with Gasteiger partial charge in [-0.25, -0.2) is 4.90 Å². The molecule has 1 aliphatic carbocycles. The number of carbonyl (C=O) groups excluding carboxylic acids is 4. The number of nitrogens with zero attached hydrogens (tertiary/aromatic N) is 1. The second-order valence-electron chi connectivity index (χ2n) is 6.50. The van der Waals surface area contributed by atoms with Gasteiger partial charge in [0, 0.05) is 12.2 Å². The van der Waals surface area contributed by atoms with Crippen molar-refractivity contribution in [3.8, 4) is 0 Å². The van der Waals surface area contributed by atoms with E-state index in [-0.39, 0.29) is 23.4 Å². The van der Waals surface area contributed by atoms with Crippen LogP contribution in [0.5, 0.6) is 0 Å². The minimum Gasteiger partial charge on any atom is -0.294 e. The van der Waals surface area contributed by atoms with Gasteiger partial charge in [-0.3, -0.25) is 19.2 Å². The molecule has 0 unspecified atom stereocenters. The van der Waals surface area contributed by atoms with Crippen LogP contribution in [-0.2, 0) is 25.6 Å². The lowest BCUT2D eigenvalue weighted by Crippen LogP contribution is -2.29. The second-order valence-corrected chi connectivity index (χ2v) is 6.50. The Bertz CT molecular complexity index is 894. The molecule has 2 amide bonds. The van der Waals surface area contributed by atoms with Crippen LogP contribution in [-0.4, -0.2) is 23.4 Å². The molecule has 0 fully saturated rings. The summed E-state index contributed by atoms with van der Waals surface area (Å²) in [4.78, 5) is 48.1. The van der Waals surface area contributed by atoms with Crippen LogP contribution in [0, 0.1) is 0 Å². The highest BCUT2D eigenvalue weighted by Gasteiger charge is 2.29. The molecule has 132 valence electrons. The third-order valence-electron chi connectivity index (χ3n) is 4.71. The number of amides is 2. The zero-order chi connectivity index (χ0) is 19.0. The number of allylic oxidation sites excluding steroid dienone is 2. The number of benzene rings is 2. The first-order valence-corrected chi connectivity index (χ1v) is 8.52. The molecule has 1 aliphatic heterocycles. The summed E-state index contributed by atoms with van der Waals surface area (Å²) < 4.78 is 0. The van der Waals surface area contributed by atoms with Gasteiger partial charge in [0.05, 0.1) is 5.69 Å². The Morgan fingerprint density at radius 1 is 0.630 bits per heavy atom. The standard InChI is InChI=1S/C22H15NO4/c24-18-9-10-19(25)22(18)16-5-1-14(2-6-16)13-15-3-7-17(8-4-15)23-20(26)11-12-21(23)27/h1-12,22H,13H2. The van der Waals surface area contributed by atoms with E-state index in [1.807, 2.05) is 36.4 Å². The number of ketones is 2. The van der Waals surface area contributed by atoms with Gasteiger partial charge in [-0.1, -0.05) is 36.4 Å². The monoisotopic (exact) mass is 357 g/mol. The summed E-state index contributed by atoms with van der Waals surface area (Å²) >= 11 is 0. The van der Waals surface area contributed by atoms with Crippen molar-refractivity contribution in [2.45, 2.75) is 12.3 Å². The van der Waals surface area contributed by atoms with E-state index < -0.39 is 5.92 Å². The average Bonchev–Trinajstić information content (AvgIpc) is 3.18. The lowest BCUT2D eigenvalue weighted by molar-refractivity contribution is -0.123. The van der Waals surface area contributed by atoms with Gasteiger partial charge in [0.1, 0.15) is 5.92 Å². The Morgan fingerprint density at radius 3 is 1.63 bits per heavy atom. The van der Waals surface area contributed by atoms with Gasteiger partial charge in [-0.05, 0) is 47.4 Å². The molecule has 0 bridgehead atoms. The van der Waals surface area contributed by atoms with E-state index in [9.17, 15) is 19.2 Å². The third kappa shape index (κ3) is 3.15. The van der Waals surface area contributed by atoms with Gasteiger partial charge in [-0.2, -0.15) is 0 Å². The summed E-state index contributed by atoms with van der Waals surface area (Å²) in [5.41, 5.74) is 3.30. The zero-order valence-electron chi connectivity index (χ0n) is 14.3. The van der Waals surface area contributed by atoms with Gasteiger partial charge in [-0.15, -0.1) is 0 Å². The van der Waals surface area contributed by atoms with Crippen LogP contribution in [0.4, 0.5) is 5.69 Å². The Labute approximate surface area is 155 Å². The molecule has 0 radical (unpaired) electrons. The molecule has 27 heavy (non-hydrogen) atoms. The minimum atomic E-state index is -0.706. The molecule has 0 aromatic heterocycles. The highest BCUT2D eigenvalue weighted by Crippen LogP contribution is 2.25. The van der Waals surface area contributed by atoms with Crippen LogP contribution in [0.2, 0.25) is 0 Å². The van der Waals surface area contributed by atoms with Crippen LogP contribution in [0.3, 0.4) is 0 Å². The fourth-order valence-electron chi connectivity index (χ4n) is 3.31. The van der Waals surface area contributed by atoms with Gasteiger partial charge < -0.3 is 0 Å². The third-order valence-corrected chi connectivity index (χ3v) is 4.71. The van der Waals surface area contributed by atoms with E-state index in [2.05, 4.69) is 0 Å². The molecule has 5 nitrogen and oxygen atoms in total. The molecule has 2 aromatic rings. The SMILES string of the molecule is O=C1C=CC(=O)C1c1ccc(Cc2ccc(N3C(=O)C=CC3=O)cc2)cc1. The van der Waals surface area contributed by atoms with Crippen molar-refractivity contribution < 1.29 is 19.2 Å². The number of rotatable bonds is 4. The molecule has 0 saturated carbocycles. The van der Waals surface area contributed by atoms with E-state index >= 15 is 0 Å². The quantitative estimate of drug-likeness (QED) is 0.623. The van der Waals surface area contributed by atoms with Crippen molar-refractivity contribution in [2.24, 2.45) is 0 Å². The maximum atomic E-state index is 11.8. The molecule has 2 aromatic carbocycles. The number of hydrogen-bond acceptors (Lipinski definition) is 4. The molecule has 5 heteroatoms. The first-order valence-electron chi connectivity index (χ1n) is 8.52. The molecule has 1 heterocycles. The van der Waals surface area contributed by atoms with Gasteiger partial charge in [0.25, 0.3) is 11.8 Å². The normalized spacial score (nSPS) is 16.8. The van der Waals surface area contributed by atoms with Crippen molar-refractivity contribution in [3.05, 3.63) is 89.5 Å². The first kappa shape index (κ1) is 16.8. The Kier molecular flexibility index (Phi) is 4.12. The van der Waals surface area contributed by atoms with Gasteiger partial charge in [0.2, 0.25) is 0 Å². The topological polar surface area (TPSA) is 71.5 Å². The number of carbonyl (C=O) groups is 4. The van der Waals surface area contributed by atoms with E-state index in [0.29, 0.717) is 17.7 Å². The van der Waals surface area contributed by atoms with Gasteiger partial charge >= 0.3 is 0 Å². The lowest BCUT2D eigenvalue weighted by Gasteiger charge is -2.14. The molecule has 2 aliphatic rings. The van der Waals surface area contributed by atoms with E-state index in [0.717, 1.165) is 16.0 Å². The summed E-state index contributed by atoms with van der Waals surface area (Å²) in [5, 5.41) is 0. The zero-order valence-corrected chi connectivity index (χ0v) is 14.3. The Morgan fingerprint density at radius 2 is 1.11 bits per heavy atom. The summed E-state index contributed by atoms with van der Waals surface area (Å²) in [5.74, 6) is -1.74. The van der Waals surface area contributed by atoms with Crippen molar-refractivity contribution in [2.75, 3.05) is 4.90 Å². The average molecular weight is 357 g/mol. The van der Waals surface area contributed by atoms with Crippen molar-refractivity contribution in [1.29, 1.82) is 0 Å². The highest BCUT2D eigenvalue weighted by molar-refractivity contribution is 6.28. The maximum absolute atomic E-state index is 11.8. The molecule has 0 saturated heterocycles. The van der Waals surface area contributed by atoms with Gasteiger partial charge in [0.15, 0.2) is 11.6 Å². The largest absolute Gasteiger partial charge is 0.294 e. The van der Waals surface area contributed by atoms with Crippen molar-refractivity contribution in [3.63, 3.8) is 0 Å². The van der Waals surface area contributed by atoms with Crippen LogP contribution in [0.25, 0.3) is 0 Å². The summed E-state index contributed by atoms with van der Waals surface area (Å²) in [6.45, 7) is 0. The van der Waals surface area contributed by atoms with Crippen LogP contribution in [0.15, 0.2) is 72.8 Å². The molecule has 0 atom stereocenters. The van der Waals surface area contributed by atoms with Crippen LogP contribution in [0.1, 0.15) is 22.6 Å². The number of anilines is 1. The lowest BCUT2D eigenvalue weighted by atomic mass is 9.93. The van der Waals surface area contributed by atoms with Crippen LogP contribution >= 0.6 is 0 Å². The Hall–Kier alpha value is -3.60.